The highest BCUT2D eigenvalue weighted by molar-refractivity contribution is 5.99. The number of carbonyl (C=O) groups is 2. The van der Waals surface area contributed by atoms with Crippen molar-refractivity contribution in [1.29, 1.82) is 0 Å². The zero-order valence-electron chi connectivity index (χ0n) is 11.9. The minimum absolute atomic E-state index is 0.0661. The zero-order valence-corrected chi connectivity index (χ0v) is 11.9. The van der Waals surface area contributed by atoms with Gasteiger partial charge in [-0.1, -0.05) is 31.4 Å². The zero-order chi connectivity index (χ0) is 14.7. The van der Waals surface area contributed by atoms with Crippen LogP contribution in [0.25, 0.3) is 0 Å². The molecule has 0 radical (unpaired) electrons. The number of hydrogen-bond acceptors (Lipinski definition) is 3. The van der Waals surface area contributed by atoms with Gasteiger partial charge in [-0.25, -0.2) is 0 Å². The third-order valence-electron chi connectivity index (χ3n) is 4.05. The average molecular weight is 288 g/mol. The molecule has 1 aliphatic heterocycles. The van der Waals surface area contributed by atoms with Crippen LogP contribution < -0.4 is 15.4 Å². The molecule has 3 rings (SSSR count). The fourth-order valence-corrected chi connectivity index (χ4v) is 2.93. The predicted molar refractivity (Wildman–Crippen MR) is 79.1 cm³/mol. The van der Waals surface area contributed by atoms with Crippen LogP contribution in [-0.4, -0.2) is 24.0 Å². The second-order valence-electron chi connectivity index (χ2n) is 5.70. The first kappa shape index (κ1) is 13.9. The third kappa shape index (κ3) is 3.35. The maximum Gasteiger partial charge on any atom is 0.266 e. The Balaban J connectivity index is 1.57. The molecule has 2 aliphatic rings. The maximum absolute atomic E-state index is 12.1. The third-order valence-corrected chi connectivity index (χ3v) is 4.05. The minimum Gasteiger partial charge on any atom is -0.478 e. The molecule has 1 aromatic carbocycles. The van der Waals surface area contributed by atoms with Crippen LogP contribution in [0, 0.1) is 0 Å². The lowest BCUT2D eigenvalue weighted by Gasteiger charge is -2.27. The summed E-state index contributed by atoms with van der Waals surface area (Å²) in [5.74, 6) is 0.251. The molecule has 2 amide bonds. The van der Waals surface area contributed by atoms with Gasteiger partial charge < -0.3 is 15.4 Å². The second-order valence-corrected chi connectivity index (χ2v) is 5.70. The highest BCUT2D eigenvalue weighted by atomic mass is 16.5. The summed E-state index contributed by atoms with van der Waals surface area (Å²) in [7, 11) is 0. The molecule has 0 saturated heterocycles. The predicted octanol–water partition coefficient (Wildman–Crippen LogP) is 2.23. The van der Waals surface area contributed by atoms with Crippen molar-refractivity contribution in [2.75, 3.05) is 5.32 Å². The van der Waals surface area contributed by atoms with E-state index in [2.05, 4.69) is 10.6 Å². The lowest BCUT2D eigenvalue weighted by molar-refractivity contribution is -0.131. The fourth-order valence-electron chi connectivity index (χ4n) is 2.93. The van der Waals surface area contributed by atoms with Gasteiger partial charge in [0.1, 0.15) is 5.75 Å². The number of rotatable bonds is 3. The van der Waals surface area contributed by atoms with Crippen molar-refractivity contribution in [3.8, 4) is 5.75 Å². The Morgan fingerprint density at radius 3 is 2.81 bits per heavy atom. The van der Waals surface area contributed by atoms with Gasteiger partial charge in [0.25, 0.3) is 5.91 Å². The maximum atomic E-state index is 12.1. The Hall–Kier alpha value is -2.04. The van der Waals surface area contributed by atoms with Gasteiger partial charge >= 0.3 is 0 Å². The van der Waals surface area contributed by atoms with Crippen molar-refractivity contribution in [1.82, 2.24) is 5.32 Å². The van der Waals surface area contributed by atoms with E-state index in [1.807, 2.05) is 12.1 Å². The van der Waals surface area contributed by atoms with Gasteiger partial charge in [-0.05, 0) is 25.0 Å². The van der Waals surface area contributed by atoms with Crippen molar-refractivity contribution < 1.29 is 14.3 Å². The molecule has 1 aliphatic carbocycles. The summed E-state index contributed by atoms with van der Waals surface area (Å²) < 4.78 is 5.63. The highest BCUT2D eigenvalue weighted by Crippen LogP contribution is 2.29. The number of anilines is 1. The molecule has 1 unspecified atom stereocenters. The molecule has 0 bridgehead atoms. The molecule has 5 nitrogen and oxygen atoms in total. The summed E-state index contributed by atoms with van der Waals surface area (Å²) in [4.78, 5) is 24.0. The van der Waals surface area contributed by atoms with Gasteiger partial charge in [0, 0.05) is 6.04 Å². The van der Waals surface area contributed by atoms with E-state index in [0.717, 1.165) is 12.8 Å². The van der Waals surface area contributed by atoms with Crippen LogP contribution in [0.1, 0.15) is 38.5 Å². The van der Waals surface area contributed by atoms with Crippen LogP contribution in [0.5, 0.6) is 5.75 Å². The van der Waals surface area contributed by atoms with Crippen molar-refractivity contribution in [3.05, 3.63) is 24.3 Å². The Kier molecular flexibility index (Phi) is 4.08. The molecular weight excluding hydrogens is 268 g/mol. The van der Waals surface area contributed by atoms with Gasteiger partial charge in [-0.15, -0.1) is 0 Å². The molecule has 21 heavy (non-hydrogen) atoms. The molecule has 1 fully saturated rings. The van der Waals surface area contributed by atoms with E-state index in [9.17, 15) is 9.59 Å². The smallest absolute Gasteiger partial charge is 0.266 e. The average Bonchev–Trinajstić information content (AvgIpc) is 2.49. The van der Waals surface area contributed by atoms with E-state index in [-0.39, 0.29) is 24.3 Å². The SMILES string of the molecule is O=C(CC1Oc2ccccc2NC1=O)NC1CCCCC1. The quantitative estimate of drug-likeness (QED) is 0.896. The molecule has 1 heterocycles. The summed E-state index contributed by atoms with van der Waals surface area (Å²) in [6, 6.07) is 7.51. The Morgan fingerprint density at radius 1 is 1.24 bits per heavy atom. The Labute approximate surface area is 124 Å². The number of hydrogen-bond donors (Lipinski definition) is 2. The summed E-state index contributed by atoms with van der Waals surface area (Å²) in [5.41, 5.74) is 0.659. The topological polar surface area (TPSA) is 67.4 Å². The molecule has 1 saturated carbocycles. The van der Waals surface area contributed by atoms with E-state index in [4.69, 9.17) is 4.74 Å². The number of benzene rings is 1. The highest BCUT2D eigenvalue weighted by Gasteiger charge is 2.30. The van der Waals surface area contributed by atoms with Gasteiger partial charge in [0.05, 0.1) is 12.1 Å². The van der Waals surface area contributed by atoms with Gasteiger partial charge in [-0.2, -0.15) is 0 Å². The van der Waals surface area contributed by atoms with E-state index < -0.39 is 6.10 Å². The number of nitrogens with one attached hydrogen (secondary N) is 2. The van der Waals surface area contributed by atoms with E-state index >= 15 is 0 Å². The van der Waals surface area contributed by atoms with E-state index in [1.165, 1.54) is 19.3 Å². The first-order valence-corrected chi connectivity index (χ1v) is 7.58. The number of ether oxygens (including phenoxy) is 1. The molecule has 0 aromatic heterocycles. The molecule has 2 N–H and O–H groups in total. The van der Waals surface area contributed by atoms with Crippen LogP contribution in [0.4, 0.5) is 5.69 Å². The Bertz CT molecular complexity index is 538. The first-order valence-electron chi connectivity index (χ1n) is 7.58. The summed E-state index contributed by atoms with van der Waals surface area (Å²) >= 11 is 0. The number of fused-ring (bicyclic) bond motifs is 1. The Morgan fingerprint density at radius 2 is 2.00 bits per heavy atom. The van der Waals surface area contributed by atoms with Crippen molar-refractivity contribution in [2.24, 2.45) is 0 Å². The van der Waals surface area contributed by atoms with Crippen LogP contribution in [0.2, 0.25) is 0 Å². The number of para-hydroxylation sites is 2. The molecule has 112 valence electrons. The first-order chi connectivity index (χ1) is 10.2. The monoisotopic (exact) mass is 288 g/mol. The second kappa shape index (κ2) is 6.16. The fraction of sp³-hybridized carbons (Fsp3) is 0.500. The summed E-state index contributed by atoms with van der Waals surface area (Å²) in [6.07, 6.45) is 4.97. The molecule has 1 atom stereocenters. The number of carbonyl (C=O) groups excluding carboxylic acids is 2. The van der Waals surface area contributed by atoms with Crippen LogP contribution >= 0.6 is 0 Å². The van der Waals surface area contributed by atoms with Crippen LogP contribution in [0.3, 0.4) is 0 Å². The van der Waals surface area contributed by atoms with Crippen LogP contribution in [0.15, 0.2) is 24.3 Å². The van der Waals surface area contributed by atoms with Gasteiger partial charge in [0.15, 0.2) is 6.10 Å². The molecule has 1 aromatic rings. The van der Waals surface area contributed by atoms with Crippen molar-refractivity contribution in [2.45, 2.75) is 50.7 Å². The van der Waals surface area contributed by atoms with E-state index in [1.54, 1.807) is 12.1 Å². The number of amides is 2. The minimum atomic E-state index is -0.747. The van der Waals surface area contributed by atoms with Gasteiger partial charge in [0.2, 0.25) is 5.91 Å². The van der Waals surface area contributed by atoms with Gasteiger partial charge in [-0.3, -0.25) is 9.59 Å². The normalized spacial score (nSPS) is 21.9. The lowest BCUT2D eigenvalue weighted by atomic mass is 9.95. The molecular formula is C16H20N2O3. The lowest BCUT2D eigenvalue weighted by Crippen LogP contribution is -2.43. The summed E-state index contributed by atoms with van der Waals surface area (Å²) in [5, 5.41) is 5.79. The largest absolute Gasteiger partial charge is 0.478 e. The van der Waals surface area contributed by atoms with E-state index in [0.29, 0.717) is 11.4 Å². The summed E-state index contributed by atoms with van der Waals surface area (Å²) in [6.45, 7) is 0. The standard InChI is InChI=1S/C16H20N2O3/c19-15(17-11-6-2-1-3-7-11)10-14-16(20)18-12-8-4-5-9-13(12)21-14/h4-5,8-9,11,14H,1-3,6-7,10H2,(H,17,19)(H,18,20). The van der Waals surface area contributed by atoms with Crippen molar-refractivity contribution >= 4 is 17.5 Å². The molecule has 5 heteroatoms. The molecule has 0 spiro atoms. The van der Waals surface area contributed by atoms with Crippen molar-refractivity contribution in [3.63, 3.8) is 0 Å². The van der Waals surface area contributed by atoms with Crippen LogP contribution in [-0.2, 0) is 9.59 Å².